The lowest BCUT2D eigenvalue weighted by Gasteiger charge is -2.19. The molecule has 2 N–H and O–H groups in total. The Kier molecular flexibility index (Phi) is 7.10. The van der Waals surface area contributed by atoms with E-state index in [9.17, 15) is 18.0 Å². The van der Waals surface area contributed by atoms with Gasteiger partial charge < -0.3 is 10.6 Å². The maximum absolute atomic E-state index is 12.8. The lowest BCUT2D eigenvalue weighted by atomic mass is 10.1. The first kappa shape index (κ1) is 21.8. The summed E-state index contributed by atoms with van der Waals surface area (Å²) in [5.74, 6) is -0.159. The van der Waals surface area contributed by atoms with Crippen molar-refractivity contribution in [1.29, 1.82) is 0 Å². The normalized spacial score (nSPS) is 14.3. The smallest absolute Gasteiger partial charge is 0.264 e. The van der Waals surface area contributed by atoms with Crippen LogP contribution in [-0.4, -0.2) is 40.4 Å². The van der Waals surface area contributed by atoms with Crippen LogP contribution in [0, 0.1) is 5.92 Å². The molecule has 2 aromatic rings. The fourth-order valence-electron chi connectivity index (χ4n) is 3.51. The van der Waals surface area contributed by atoms with E-state index in [1.807, 2.05) is 6.07 Å². The maximum Gasteiger partial charge on any atom is 0.264 e. The molecule has 30 heavy (non-hydrogen) atoms. The second-order valence-electron chi connectivity index (χ2n) is 7.36. The molecule has 0 saturated heterocycles. The molecule has 0 aromatic heterocycles. The number of carbonyl (C=O) groups excluding carboxylic acids is 2. The summed E-state index contributed by atoms with van der Waals surface area (Å²) in [5, 5.41) is 5.59. The van der Waals surface area contributed by atoms with Crippen LogP contribution in [0.1, 0.15) is 36.0 Å². The van der Waals surface area contributed by atoms with Gasteiger partial charge in [0.1, 0.15) is 0 Å². The number of para-hydroxylation sites is 1. The fraction of sp³-hybridized carbons (Fsp3) is 0.364. The average molecular weight is 430 g/mol. The summed E-state index contributed by atoms with van der Waals surface area (Å²) in [6, 6.07) is 14.6. The standard InChI is InChI=1S/C22H27N3O4S/c1-25(19-9-3-2-4-10-19)30(28,29)20-13-11-18(12-14-20)22(27)24-16-15-23-21(26)17-7-5-6-8-17/h2-4,9-14,17H,5-8,15-16H2,1H3,(H,23,26)(H,24,27). The van der Waals surface area contributed by atoms with Crippen LogP contribution in [0.2, 0.25) is 0 Å². The molecule has 160 valence electrons. The molecule has 7 nitrogen and oxygen atoms in total. The number of carbonyl (C=O) groups is 2. The molecule has 8 heteroatoms. The van der Waals surface area contributed by atoms with E-state index >= 15 is 0 Å². The van der Waals surface area contributed by atoms with Gasteiger partial charge in [-0.2, -0.15) is 0 Å². The summed E-state index contributed by atoms with van der Waals surface area (Å²) in [7, 11) is -2.23. The molecule has 0 radical (unpaired) electrons. The van der Waals surface area contributed by atoms with E-state index in [0.29, 0.717) is 24.3 Å². The van der Waals surface area contributed by atoms with Gasteiger partial charge in [-0.3, -0.25) is 13.9 Å². The lowest BCUT2D eigenvalue weighted by molar-refractivity contribution is -0.124. The quantitative estimate of drug-likeness (QED) is 0.631. The topological polar surface area (TPSA) is 95.6 Å². The number of hydrogen-bond acceptors (Lipinski definition) is 4. The van der Waals surface area contributed by atoms with Crippen molar-refractivity contribution in [1.82, 2.24) is 10.6 Å². The molecule has 0 heterocycles. The van der Waals surface area contributed by atoms with Crippen LogP contribution in [0.15, 0.2) is 59.5 Å². The van der Waals surface area contributed by atoms with E-state index < -0.39 is 10.0 Å². The number of benzene rings is 2. The SMILES string of the molecule is CN(c1ccccc1)S(=O)(=O)c1ccc(C(=O)NCCNC(=O)C2CCCC2)cc1. The maximum atomic E-state index is 12.8. The van der Waals surface area contributed by atoms with Crippen molar-refractivity contribution < 1.29 is 18.0 Å². The zero-order valence-corrected chi connectivity index (χ0v) is 17.8. The van der Waals surface area contributed by atoms with Crippen molar-refractivity contribution in [2.24, 2.45) is 5.92 Å². The van der Waals surface area contributed by atoms with Crippen molar-refractivity contribution in [3.8, 4) is 0 Å². The van der Waals surface area contributed by atoms with Gasteiger partial charge in [0, 0.05) is 31.6 Å². The van der Waals surface area contributed by atoms with E-state index in [1.165, 1.54) is 35.6 Å². The predicted octanol–water partition coefficient (Wildman–Crippen LogP) is 2.55. The van der Waals surface area contributed by atoms with Crippen LogP contribution in [-0.2, 0) is 14.8 Å². The molecule has 1 aliphatic carbocycles. The first-order chi connectivity index (χ1) is 14.4. The summed E-state index contributed by atoms with van der Waals surface area (Å²) in [4.78, 5) is 24.3. The largest absolute Gasteiger partial charge is 0.354 e. The highest BCUT2D eigenvalue weighted by atomic mass is 32.2. The highest BCUT2D eigenvalue weighted by molar-refractivity contribution is 7.92. The minimum atomic E-state index is -3.72. The van der Waals surface area contributed by atoms with Crippen molar-refractivity contribution >= 4 is 27.5 Å². The molecule has 0 bridgehead atoms. The minimum Gasteiger partial charge on any atom is -0.354 e. The van der Waals surface area contributed by atoms with Crippen LogP contribution in [0.3, 0.4) is 0 Å². The Hall–Kier alpha value is -2.87. The Morgan fingerprint density at radius 1 is 0.933 bits per heavy atom. The minimum absolute atomic E-state index is 0.0545. The molecule has 1 saturated carbocycles. The Morgan fingerprint density at radius 2 is 1.53 bits per heavy atom. The molecule has 1 fully saturated rings. The van der Waals surface area contributed by atoms with E-state index in [0.717, 1.165) is 25.7 Å². The average Bonchev–Trinajstić information content (AvgIpc) is 3.31. The van der Waals surface area contributed by atoms with Crippen LogP contribution >= 0.6 is 0 Å². The second kappa shape index (κ2) is 9.75. The first-order valence-electron chi connectivity index (χ1n) is 10.1. The van der Waals surface area contributed by atoms with Gasteiger partial charge in [-0.05, 0) is 49.2 Å². The first-order valence-corrected chi connectivity index (χ1v) is 11.5. The summed E-state index contributed by atoms with van der Waals surface area (Å²) in [6.45, 7) is 0.684. The van der Waals surface area contributed by atoms with Gasteiger partial charge in [0.25, 0.3) is 15.9 Å². The number of sulfonamides is 1. The zero-order chi connectivity index (χ0) is 21.6. The number of amides is 2. The molecule has 0 atom stereocenters. The van der Waals surface area contributed by atoms with Crippen molar-refractivity contribution in [3.63, 3.8) is 0 Å². The number of hydrogen-bond donors (Lipinski definition) is 2. The molecule has 0 aliphatic heterocycles. The van der Waals surface area contributed by atoms with E-state index in [2.05, 4.69) is 10.6 Å². The summed E-state index contributed by atoms with van der Waals surface area (Å²) < 4.78 is 26.8. The van der Waals surface area contributed by atoms with Crippen LogP contribution in [0.25, 0.3) is 0 Å². The van der Waals surface area contributed by atoms with Crippen molar-refractivity contribution in [3.05, 3.63) is 60.2 Å². The molecule has 2 aromatic carbocycles. The van der Waals surface area contributed by atoms with E-state index in [4.69, 9.17) is 0 Å². The summed E-state index contributed by atoms with van der Waals surface area (Å²) >= 11 is 0. The van der Waals surface area contributed by atoms with Gasteiger partial charge >= 0.3 is 0 Å². The van der Waals surface area contributed by atoms with Gasteiger partial charge in [0.2, 0.25) is 5.91 Å². The second-order valence-corrected chi connectivity index (χ2v) is 9.33. The number of nitrogens with zero attached hydrogens (tertiary/aromatic N) is 1. The van der Waals surface area contributed by atoms with Crippen LogP contribution in [0.4, 0.5) is 5.69 Å². The Labute approximate surface area is 177 Å². The third-order valence-electron chi connectivity index (χ3n) is 5.33. The molecule has 2 amide bonds. The monoisotopic (exact) mass is 429 g/mol. The molecule has 3 rings (SSSR count). The number of anilines is 1. The third-order valence-corrected chi connectivity index (χ3v) is 7.13. The van der Waals surface area contributed by atoms with Crippen molar-refractivity contribution in [2.45, 2.75) is 30.6 Å². The van der Waals surface area contributed by atoms with Crippen LogP contribution in [0.5, 0.6) is 0 Å². The third kappa shape index (κ3) is 5.18. The van der Waals surface area contributed by atoms with Crippen molar-refractivity contribution in [2.75, 3.05) is 24.4 Å². The van der Waals surface area contributed by atoms with Gasteiger partial charge in [-0.15, -0.1) is 0 Å². The molecular formula is C22H27N3O4S. The molecule has 0 spiro atoms. The van der Waals surface area contributed by atoms with Gasteiger partial charge in [0.05, 0.1) is 10.6 Å². The predicted molar refractivity (Wildman–Crippen MR) is 116 cm³/mol. The van der Waals surface area contributed by atoms with Crippen LogP contribution < -0.4 is 14.9 Å². The Bertz CT molecular complexity index is 969. The number of nitrogens with one attached hydrogen (secondary N) is 2. The van der Waals surface area contributed by atoms with Gasteiger partial charge in [-0.1, -0.05) is 31.0 Å². The number of rotatable bonds is 8. The zero-order valence-electron chi connectivity index (χ0n) is 17.0. The summed E-state index contributed by atoms with van der Waals surface area (Å²) in [6.07, 6.45) is 4.07. The lowest BCUT2D eigenvalue weighted by Crippen LogP contribution is -2.37. The Morgan fingerprint density at radius 3 is 2.17 bits per heavy atom. The van der Waals surface area contributed by atoms with Gasteiger partial charge in [0.15, 0.2) is 0 Å². The Balaban J connectivity index is 1.53. The van der Waals surface area contributed by atoms with E-state index in [-0.39, 0.29) is 22.6 Å². The molecular weight excluding hydrogens is 402 g/mol. The summed E-state index contributed by atoms with van der Waals surface area (Å²) in [5.41, 5.74) is 0.914. The van der Waals surface area contributed by atoms with Gasteiger partial charge in [-0.25, -0.2) is 8.42 Å². The highest BCUT2D eigenvalue weighted by Crippen LogP contribution is 2.24. The molecule has 1 aliphatic rings. The molecule has 0 unspecified atom stereocenters. The fourth-order valence-corrected chi connectivity index (χ4v) is 4.70. The van der Waals surface area contributed by atoms with E-state index in [1.54, 1.807) is 24.3 Å². The highest BCUT2D eigenvalue weighted by Gasteiger charge is 2.23.